The Morgan fingerprint density at radius 2 is 1.87 bits per heavy atom. The molecule has 4 aromatic rings. The molecule has 0 fully saturated rings. The minimum Gasteiger partial charge on any atom is -0.508 e. The number of hydrogen-bond donors (Lipinski definition) is 1. The molecule has 1 aliphatic rings. The first kappa shape index (κ1) is 12.7. The standard InChI is InChI=1S/C20H16N2O/c1-11-8-17-16-5-3-4-14-9-13-6-7-15(23)10-18(13)22(19(14)16)20(17)21-12(11)2/h3-8,10,23H,9H2,1-2H3. The van der Waals surface area contributed by atoms with Gasteiger partial charge in [0.15, 0.2) is 0 Å². The van der Waals surface area contributed by atoms with Crippen LogP contribution in [0.2, 0.25) is 0 Å². The Labute approximate surface area is 133 Å². The van der Waals surface area contributed by atoms with E-state index in [4.69, 9.17) is 4.98 Å². The Hall–Kier alpha value is -2.81. The van der Waals surface area contributed by atoms with Crippen LogP contribution in [0.1, 0.15) is 22.4 Å². The number of aryl methyl sites for hydroxylation is 2. The molecule has 0 bridgehead atoms. The van der Waals surface area contributed by atoms with Gasteiger partial charge in [-0.05, 0) is 42.7 Å². The molecule has 1 N–H and O–H groups in total. The highest BCUT2D eigenvalue weighted by Gasteiger charge is 2.23. The second-order valence-electron chi connectivity index (χ2n) is 6.40. The molecular formula is C20H16N2O. The minimum atomic E-state index is 0.293. The van der Waals surface area contributed by atoms with E-state index in [0.717, 1.165) is 23.4 Å². The summed E-state index contributed by atoms with van der Waals surface area (Å²) in [7, 11) is 0. The summed E-state index contributed by atoms with van der Waals surface area (Å²) in [6, 6.07) is 14.3. The highest BCUT2D eigenvalue weighted by atomic mass is 16.3. The fourth-order valence-electron chi connectivity index (χ4n) is 3.73. The van der Waals surface area contributed by atoms with Crippen LogP contribution in [0.25, 0.3) is 27.6 Å². The van der Waals surface area contributed by atoms with Gasteiger partial charge in [0.2, 0.25) is 0 Å². The minimum absolute atomic E-state index is 0.293. The van der Waals surface area contributed by atoms with Crippen molar-refractivity contribution in [2.24, 2.45) is 0 Å². The number of aromatic hydroxyl groups is 1. The monoisotopic (exact) mass is 300 g/mol. The van der Waals surface area contributed by atoms with Crippen LogP contribution in [0, 0.1) is 13.8 Å². The molecule has 3 nitrogen and oxygen atoms in total. The highest BCUT2D eigenvalue weighted by Crippen LogP contribution is 2.39. The summed E-state index contributed by atoms with van der Waals surface area (Å²) in [6.45, 7) is 4.15. The Morgan fingerprint density at radius 3 is 2.74 bits per heavy atom. The van der Waals surface area contributed by atoms with Gasteiger partial charge in [-0.1, -0.05) is 24.3 Å². The molecule has 0 saturated carbocycles. The second-order valence-corrected chi connectivity index (χ2v) is 6.40. The third-order valence-corrected chi connectivity index (χ3v) is 4.98. The molecule has 2 aromatic heterocycles. The van der Waals surface area contributed by atoms with Gasteiger partial charge < -0.3 is 5.11 Å². The van der Waals surface area contributed by atoms with Gasteiger partial charge in [-0.2, -0.15) is 0 Å². The lowest BCUT2D eigenvalue weighted by Gasteiger charge is -2.20. The van der Waals surface area contributed by atoms with E-state index in [1.807, 2.05) is 19.1 Å². The first-order chi connectivity index (χ1) is 11.1. The van der Waals surface area contributed by atoms with Crippen molar-refractivity contribution in [3.8, 4) is 11.4 Å². The predicted molar refractivity (Wildman–Crippen MR) is 92.5 cm³/mol. The molecule has 23 heavy (non-hydrogen) atoms. The summed E-state index contributed by atoms with van der Waals surface area (Å²) in [6.07, 6.45) is 0.890. The molecule has 0 atom stereocenters. The fourth-order valence-corrected chi connectivity index (χ4v) is 3.73. The Bertz CT molecular complexity index is 1120. The zero-order valence-corrected chi connectivity index (χ0v) is 13.1. The fraction of sp³-hybridized carbons (Fsp3) is 0.150. The molecule has 3 heterocycles. The van der Waals surface area contributed by atoms with Gasteiger partial charge in [-0.3, -0.25) is 4.57 Å². The van der Waals surface area contributed by atoms with Crippen LogP contribution in [0.3, 0.4) is 0 Å². The van der Waals surface area contributed by atoms with E-state index in [-0.39, 0.29) is 0 Å². The molecule has 5 rings (SSSR count). The van der Waals surface area contributed by atoms with Gasteiger partial charge in [0, 0.05) is 29.0 Å². The predicted octanol–water partition coefficient (Wildman–Crippen LogP) is 4.41. The highest BCUT2D eigenvalue weighted by molar-refractivity contribution is 6.10. The Morgan fingerprint density at radius 1 is 1.00 bits per heavy atom. The summed E-state index contributed by atoms with van der Waals surface area (Å²) in [5, 5.41) is 12.4. The largest absolute Gasteiger partial charge is 0.508 e. The van der Waals surface area contributed by atoms with E-state index in [9.17, 15) is 5.11 Å². The summed E-state index contributed by atoms with van der Waals surface area (Å²) in [5.74, 6) is 0.293. The number of benzene rings is 2. The number of fused-ring (bicyclic) bond motifs is 5. The van der Waals surface area contributed by atoms with Gasteiger partial charge in [0.1, 0.15) is 11.4 Å². The molecular weight excluding hydrogens is 284 g/mol. The Kier molecular flexibility index (Phi) is 2.28. The van der Waals surface area contributed by atoms with Crippen LogP contribution in [-0.4, -0.2) is 14.7 Å². The summed E-state index contributed by atoms with van der Waals surface area (Å²) >= 11 is 0. The maximum absolute atomic E-state index is 9.97. The van der Waals surface area contributed by atoms with Crippen LogP contribution >= 0.6 is 0 Å². The normalized spacial score (nSPS) is 12.8. The second kappa shape index (κ2) is 4.13. The summed E-state index contributed by atoms with van der Waals surface area (Å²) in [5.41, 5.74) is 8.02. The van der Waals surface area contributed by atoms with E-state index in [2.05, 4.69) is 35.8 Å². The van der Waals surface area contributed by atoms with E-state index < -0.39 is 0 Å². The molecule has 0 aliphatic carbocycles. The molecule has 1 aliphatic heterocycles. The van der Waals surface area contributed by atoms with Crippen LogP contribution < -0.4 is 0 Å². The molecule has 0 radical (unpaired) electrons. The molecule has 3 heteroatoms. The number of hydrogen-bond acceptors (Lipinski definition) is 2. The van der Waals surface area contributed by atoms with Gasteiger partial charge in [0.25, 0.3) is 0 Å². The van der Waals surface area contributed by atoms with Gasteiger partial charge >= 0.3 is 0 Å². The number of phenols is 1. The quantitative estimate of drug-likeness (QED) is 0.460. The first-order valence-electron chi connectivity index (χ1n) is 7.86. The molecule has 0 spiro atoms. The van der Waals surface area contributed by atoms with Gasteiger partial charge in [-0.25, -0.2) is 4.98 Å². The Balaban J connectivity index is 2.07. The van der Waals surface area contributed by atoms with Crippen molar-refractivity contribution in [2.75, 3.05) is 0 Å². The number of pyridine rings is 1. The van der Waals surface area contributed by atoms with Crippen molar-refractivity contribution in [2.45, 2.75) is 20.3 Å². The number of para-hydroxylation sites is 1. The van der Waals surface area contributed by atoms with Crippen molar-refractivity contribution in [3.05, 3.63) is 64.8 Å². The third kappa shape index (κ3) is 1.57. The van der Waals surface area contributed by atoms with Crippen molar-refractivity contribution >= 4 is 21.9 Å². The molecule has 0 unspecified atom stereocenters. The summed E-state index contributed by atoms with van der Waals surface area (Å²) in [4.78, 5) is 4.87. The number of aromatic nitrogens is 2. The van der Waals surface area contributed by atoms with Crippen molar-refractivity contribution in [1.29, 1.82) is 0 Å². The zero-order chi connectivity index (χ0) is 15.7. The third-order valence-electron chi connectivity index (χ3n) is 4.98. The molecule has 112 valence electrons. The van der Waals surface area contributed by atoms with Crippen molar-refractivity contribution in [3.63, 3.8) is 0 Å². The number of phenolic OH excluding ortho intramolecular Hbond substituents is 1. The van der Waals surface area contributed by atoms with Crippen molar-refractivity contribution in [1.82, 2.24) is 9.55 Å². The summed E-state index contributed by atoms with van der Waals surface area (Å²) < 4.78 is 2.21. The van der Waals surface area contributed by atoms with E-state index in [1.54, 1.807) is 6.07 Å². The number of nitrogens with zero attached hydrogens (tertiary/aromatic N) is 2. The SMILES string of the molecule is Cc1cc2c3cccc4c3n(c2nc1C)-c1cc(O)ccc1C4. The average molecular weight is 300 g/mol. The molecule has 0 saturated heterocycles. The van der Waals surface area contributed by atoms with Gasteiger partial charge in [0.05, 0.1) is 11.2 Å². The number of rotatable bonds is 0. The van der Waals surface area contributed by atoms with Crippen LogP contribution in [0.4, 0.5) is 0 Å². The van der Waals surface area contributed by atoms with E-state index in [0.29, 0.717) is 5.75 Å². The topological polar surface area (TPSA) is 38.0 Å². The van der Waals surface area contributed by atoms with E-state index >= 15 is 0 Å². The maximum Gasteiger partial charge on any atom is 0.145 e. The average Bonchev–Trinajstić information content (AvgIpc) is 2.85. The molecule has 2 aromatic carbocycles. The lowest BCUT2D eigenvalue weighted by Crippen LogP contribution is -2.08. The lowest BCUT2D eigenvalue weighted by atomic mass is 9.97. The maximum atomic E-state index is 9.97. The molecule has 0 amide bonds. The van der Waals surface area contributed by atoms with Crippen LogP contribution in [0.15, 0.2) is 42.5 Å². The van der Waals surface area contributed by atoms with Crippen LogP contribution in [0.5, 0.6) is 5.75 Å². The van der Waals surface area contributed by atoms with Gasteiger partial charge in [-0.15, -0.1) is 0 Å². The smallest absolute Gasteiger partial charge is 0.145 e. The van der Waals surface area contributed by atoms with Crippen molar-refractivity contribution < 1.29 is 5.11 Å². The van der Waals surface area contributed by atoms with Crippen LogP contribution in [-0.2, 0) is 6.42 Å². The van der Waals surface area contributed by atoms with E-state index in [1.165, 1.54) is 33.0 Å². The first-order valence-corrected chi connectivity index (χ1v) is 7.86. The zero-order valence-electron chi connectivity index (χ0n) is 13.1. The lowest BCUT2D eigenvalue weighted by molar-refractivity contribution is 0.475.